The number of nitrogens with one attached hydrogen (secondary N) is 1. The van der Waals surface area contributed by atoms with Gasteiger partial charge < -0.3 is 15.2 Å². The molecule has 2 unspecified atom stereocenters. The summed E-state index contributed by atoms with van der Waals surface area (Å²) in [6.07, 6.45) is 5.96. The fourth-order valence-corrected chi connectivity index (χ4v) is 3.20. The third-order valence-electron chi connectivity index (χ3n) is 4.21. The van der Waals surface area contributed by atoms with Crippen molar-refractivity contribution >= 4 is 11.9 Å². The van der Waals surface area contributed by atoms with E-state index in [-0.39, 0.29) is 18.4 Å². The minimum Gasteiger partial charge on any atom is -0.481 e. The summed E-state index contributed by atoms with van der Waals surface area (Å²) in [7, 11) is 0. The van der Waals surface area contributed by atoms with Crippen molar-refractivity contribution in [1.29, 1.82) is 0 Å². The molecule has 5 nitrogen and oxygen atoms in total. The standard InChI is InChI=1S/C14H23NO4/c1-10-5-6-11(19-10)13(18)15-14(9-12(16)17)7-3-2-4-8-14/h10-11H,2-9H2,1H3,(H,15,18)(H,16,17). The summed E-state index contributed by atoms with van der Waals surface area (Å²) < 4.78 is 5.56. The first-order valence-electron chi connectivity index (χ1n) is 7.20. The van der Waals surface area contributed by atoms with Gasteiger partial charge in [-0.15, -0.1) is 0 Å². The van der Waals surface area contributed by atoms with Crippen LogP contribution in [0.3, 0.4) is 0 Å². The van der Waals surface area contributed by atoms with Crippen LogP contribution in [0, 0.1) is 0 Å². The van der Waals surface area contributed by atoms with E-state index in [1.807, 2.05) is 6.92 Å². The third kappa shape index (κ3) is 3.69. The summed E-state index contributed by atoms with van der Waals surface area (Å²) in [5.74, 6) is -0.976. The van der Waals surface area contributed by atoms with Crippen LogP contribution in [0.2, 0.25) is 0 Å². The van der Waals surface area contributed by atoms with Crippen LogP contribution in [0.1, 0.15) is 58.3 Å². The highest BCUT2D eigenvalue weighted by Gasteiger charge is 2.38. The average molecular weight is 269 g/mol. The first kappa shape index (κ1) is 14.3. The Hall–Kier alpha value is -1.10. The third-order valence-corrected chi connectivity index (χ3v) is 4.21. The molecule has 0 radical (unpaired) electrons. The lowest BCUT2D eigenvalue weighted by atomic mass is 9.79. The molecule has 19 heavy (non-hydrogen) atoms. The number of carboxylic acids is 1. The van der Waals surface area contributed by atoms with Gasteiger partial charge in [0.2, 0.25) is 5.91 Å². The number of ether oxygens (including phenoxy) is 1. The van der Waals surface area contributed by atoms with E-state index in [0.29, 0.717) is 0 Å². The molecular weight excluding hydrogens is 246 g/mol. The maximum absolute atomic E-state index is 12.2. The maximum atomic E-state index is 12.2. The van der Waals surface area contributed by atoms with Crippen molar-refractivity contribution in [1.82, 2.24) is 5.32 Å². The molecule has 1 saturated heterocycles. The van der Waals surface area contributed by atoms with Crippen molar-refractivity contribution < 1.29 is 19.4 Å². The Labute approximate surface area is 113 Å². The predicted octanol–water partition coefficient (Wildman–Crippen LogP) is 1.85. The highest BCUT2D eigenvalue weighted by atomic mass is 16.5. The van der Waals surface area contributed by atoms with Crippen LogP contribution in [0.15, 0.2) is 0 Å². The summed E-state index contributed by atoms with van der Waals surface area (Å²) in [5.41, 5.74) is -0.559. The molecule has 2 fully saturated rings. The zero-order chi connectivity index (χ0) is 13.9. The van der Waals surface area contributed by atoms with Crippen LogP contribution in [-0.2, 0) is 14.3 Å². The van der Waals surface area contributed by atoms with E-state index >= 15 is 0 Å². The van der Waals surface area contributed by atoms with E-state index in [9.17, 15) is 9.59 Å². The molecule has 1 saturated carbocycles. The average Bonchev–Trinajstić information content (AvgIpc) is 2.76. The summed E-state index contributed by atoms with van der Waals surface area (Å²) in [6, 6.07) is 0. The number of amides is 1. The number of hydrogen-bond donors (Lipinski definition) is 2. The van der Waals surface area contributed by atoms with Crippen LogP contribution in [0.25, 0.3) is 0 Å². The van der Waals surface area contributed by atoms with Crippen molar-refractivity contribution in [3.05, 3.63) is 0 Å². The van der Waals surface area contributed by atoms with Gasteiger partial charge in [0, 0.05) is 0 Å². The number of carbonyl (C=O) groups excluding carboxylic acids is 1. The van der Waals surface area contributed by atoms with Crippen LogP contribution in [0.4, 0.5) is 0 Å². The Kier molecular flexibility index (Phi) is 4.45. The van der Waals surface area contributed by atoms with Gasteiger partial charge in [0.05, 0.1) is 18.1 Å². The Morgan fingerprint density at radius 3 is 2.47 bits per heavy atom. The second-order valence-electron chi connectivity index (χ2n) is 5.91. The molecule has 1 aliphatic carbocycles. The van der Waals surface area contributed by atoms with Crippen LogP contribution < -0.4 is 5.32 Å². The minimum atomic E-state index is -0.845. The quantitative estimate of drug-likeness (QED) is 0.816. The highest BCUT2D eigenvalue weighted by molar-refractivity contribution is 5.82. The highest BCUT2D eigenvalue weighted by Crippen LogP contribution is 2.32. The van der Waals surface area contributed by atoms with E-state index < -0.39 is 17.6 Å². The van der Waals surface area contributed by atoms with E-state index in [4.69, 9.17) is 9.84 Å². The van der Waals surface area contributed by atoms with Gasteiger partial charge in [-0.05, 0) is 32.6 Å². The number of carbonyl (C=O) groups is 2. The minimum absolute atomic E-state index is 0.0149. The fraction of sp³-hybridized carbons (Fsp3) is 0.857. The zero-order valence-electron chi connectivity index (χ0n) is 11.5. The molecule has 2 atom stereocenters. The molecule has 2 aliphatic rings. The largest absolute Gasteiger partial charge is 0.481 e. The second-order valence-corrected chi connectivity index (χ2v) is 5.91. The number of aliphatic carboxylic acids is 1. The fourth-order valence-electron chi connectivity index (χ4n) is 3.20. The molecule has 0 aromatic rings. The first-order chi connectivity index (χ1) is 9.01. The summed E-state index contributed by atoms with van der Waals surface area (Å²) >= 11 is 0. The van der Waals surface area contributed by atoms with Crippen LogP contribution in [-0.4, -0.2) is 34.7 Å². The van der Waals surface area contributed by atoms with Gasteiger partial charge in [0.1, 0.15) is 6.10 Å². The monoisotopic (exact) mass is 269 g/mol. The molecular formula is C14H23NO4. The van der Waals surface area contributed by atoms with Gasteiger partial charge in [0.25, 0.3) is 0 Å². The molecule has 2 rings (SSSR count). The molecule has 0 spiro atoms. The Morgan fingerprint density at radius 1 is 1.26 bits per heavy atom. The molecule has 108 valence electrons. The van der Waals surface area contributed by atoms with E-state index in [1.54, 1.807) is 0 Å². The number of hydrogen-bond acceptors (Lipinski definition) is 3. The first-order valence-corrected chi connectivity index (χ1v) is 7.20. The Balaban J connectivity index is 1.99. The number of carboxylic acid groups (broad SMARTS) is 1. The Morgan fingerprint density at radius 2 is 1.95 bits per heavy atom. The SMILES string of the molecule is CC1CCC(C(=O)NC2(CC(=O)O)CCCCC2)O1. The topological polar surface area (TPSA) is 75.6 Å². The van der Waals surface area contributed by atoms with Gasteiger partial charge in [-0.3, -0.25) is 9.59 Å². The summed E-state index contributed by atoms with van der Waals surface area (Å²) in [6.45, 7) is 1.96. The molecule has 0 bridgehead atoms. The molecule has 1 heterocycles. The van der Waals surface area contributed by atoms with Crippen LogP contribution in [0.5, 0.6) is 0 Å². The summed E-state index contributed by atoms with van der Waals surface area (Å²) in [4.78, 5) is 23.3. The van der Waals surface area contributed by atoms with Gasteiger partial charge in [0.15, 0.2) is 0 Å². The molecule has 1 amide bonds. The Bertz CT molecular complexity index is 349. The van der Waals surface area contributed by atoms with Crippen molar-refractivity contribution in [3.8, 4) is 0 Å². The zero-order valence-corrected chi connectivity index (χ0v) is 11.5. The molecule has 1 aliphatic heterocycles. The second kappa shape index (κ2) is 5.90. The van der Waals surface area contributed by atoms with Crippen molar-refractivity contribution in [2.45, 2.75) is 76.0 Å². The van der Waals surface area contributed by atoms with Gasteiger partial charge >= 0.3 is 5.97 Å². The molecule has 5 heteroatoms. The lowest BCUT2D eigenvalue weighted by molar-refractivity contribution is -0.141. The molecule has 2 N–H and O–H groups in total. The lowest BCUT2D eigenvalue weighted by Gasteiger charge is -2.37. The predicted molar refractivity (Wildman–Crippen MR) is 69.8 cm³/mol. The van der Waals surface area contributed by atoms with Crippen molar-refractivity contribution in [2.75, 3.05) is 0 Å². The van der Waals surface area contributed by atoms with E-state index in [0.717, 1.165) is 44.9 Å². The molecule has 0 aromatic carbocycles. The van der Waals surface area contributed by atoms with E-state index in [1.165, 1.54) is 0 Å². The number of rotatable bonds is 4. The van der Waals surface area contributed by atoms with Gasteiger partial charge in [-0.25, -0.2) is 0 Å². The molecule has 0 aromatic heterocycles. The van der Waals surface area contributed by atoms with E-state index in [2.05, 4.69) is 5.32 Å². The van der Waals surface area contributed by atoms with Crippen molar-refractivity contribution in [2.24, 2.45) is 0 Å². The lowest BCUT2D eigenvalue weighted by Crippen LogP contribution is -2.53. The smallest absolute Gasteiger partial charge is 0.305 e. The summed E-state index contributed by atoms with van der Waals surface area (Å²) in [5, 5.41) is 12.1. The van der Waals surface area contributed by atoms with Crippen molar-refractivity contribution in [3.63, 3.8) is 0 Å². The normalized spacial score (nSPS) is 29.9. The van der Waals surface area contributed by atoms with Gasteiger partial charge in [-0.1, -0.05) is 19.3 Å². The van der Waals surface area contributed by atoms with Crippen LogP contribution >= 0.6 is 0 Å². The van der Waals surface area contributed by atoms with Gasteiger partial charge in [-0.2, -0.15) is 0 Å². The maximum Gasteiger partial charge on any atom is 0.305 e.